The molecule has 0 heterocycles. The molecule has 5 nitrogen and oxygen atoms in total. The smallest absolute Gasteiger partial charge is 0.317 e. The fraction of sp³-hybridized carbons (Fsp3) is 0.429. The van der Waals surface area contributed by atoms with Crippen LogP contribution in [0.4, 0.5) is 4.79 Å². The number of carboxylic acid groups (broad SMARTS) is 1. The van der Waals surface area contributed by atoms with Crippen LogP contribution >= 0.6 is 15.9 Å². The number of amides is 2. The Morgan fingerprint density at radius 2 is 1.95 bits per heavy atom. The van der Waals surface area contributed by atoms with Crippen molar-refractivity contribution in [2.24, 2.45) is 5.41 Å². The number of carboxylic acids is 1. The van der Waals surface area contributed by atoms with E-state index in [1.807, 2.05) is 24.3 Å². The number of urea groups is 1. The Balaban J connectivity index is 1.83. The standard InChI is InChI=1S/C14H17BrN2O3/c1-17(8-10-2-4-11(15)5-3-10)13(20)16-9-14(6-7-14)12(18)19/h2-5H,6-9H2,1H3,(H,16,20)(H,18,19). The third kappa shape index (κ3) is 3.50. The Labute approximate surface area is 126 Å². The van der Waals surface area contributed by atoms with Gasteiger partial charge in [0, 0.05) is 24.6 Å². The largest absolute Gasteiger partial charge is 0.481 e. The number of nitrogens with one attached hydrogen (secondary N) is 1. The molecule has 2 amide bonds. The number of carbonyl (C=O) groups is 2. The summed E-state index contributed by atoms with van der Waals surface area (Å²) in [6, 6.07) is 7.47. The van der Waals surface area contributed by atoms with Gasteiger partial charge in [-0.05, 0) is 30.5 Å². The number of rotatable bonds is 5. The highest BCUT2D eigenvalue weighted by Crippen LogP contribution is 2.45. The second-order valence-corrected chi connectivity index (χ2v) is 6.14. The van der Waals surface area contributed by atoms with Gasteiger partial charge in [-0.3, -0.25) is 4.79 Å². The maximum atomic E-state index is 11.9. The summed E-state index contributed by atoms with van der Waals surface area (Å²) in [6.45, 7) is 0.686. The van der Waals surface area contributed by atoms with E-state index in [1.54, 1.807) is 11.9 Å². The molecule has 0 atom stereocenters. The van der Waals surface area contributed by atoms with Gasteiger partial charge in [0.25, 0.3) is 0 Å². The second kappa shape index (κ2) is 5.83. The maximum absolute atomic E-state index is 11.9. The number of carbonyl (C=O) groups excluding carboxylic acids is 1. The molecule has 0 unspecified atom stereocenters. The molecule has 1 aliphatic rings. The van der Waals surface area contributed by atoms with Crippen molar-refractivity contribution < 1.29 is 14.7 Å². The van der Waals surface area contributed by atoms with Gasteiger partial charge in [0.15, 0.2) is 0 Å². The Kier molecular flexibility index (Phi) is 4.32. The lowest BCUT2D eigenvalue weighted by atomic mass is 10.1. The first-order chi connectivity index (χ1) is 9.43. The molecular formula is C14H17BrN2O3. The average molecular weight is 341 g/mol. The highest BCUT2D eigenvalue weighted by Gasteiger charge is 2.50. The van der Waals surface area contributed by atoms with Crippen molar-refractivity contribution in [3.05, 3.63) is 34.3 Å². The minimum absolute atomic E-state index is 0.200. The summed E-state index contributed by atoms with van der Waals surface area (Å²) in [5.74, 6) is -0.826. The van der Waals surface area contributed by atoms with Crippen molar-refractivity contribution in [2.45, 2.75) is 19.4 Å². The third-order valence-electron chi connectivity index (χ3n) is 3.56. The molecule has 1 aromatic carbocycles. The second-order valence-electron chi connectivity index (χ2n) is 5.23. The molecule has 20 heavy (non-hydrogen) atoms. The predicted octanol–water partition coefficient (Wildman–Crippen LogP) is 2.46. The number of hydrogen-bond donors (Lipinski definition) is 2. The Hall–Kier alpha value is -1.56. The molecule has 1 saturated carbocycles. The molecule has 0 radical (unpaired) electrons. The molecule has 0 spiro atoms. The summed E-state index contributed by atoms with van der Waals surface area (Å²) in [5, 5.41) is 11.7. The van der Waals surface area contributed by atoms with Crippen LogP contribution in [0.2, 0.25) is 0 Å². The van der Waals surface area contributed by atoms with E-state index in [1.165, 1.54) is 0 Å². The molecule has 108 valence electrons. The number of halogens is 1. The SMILES string of the molecule is CN(Cc1ccc(Br)cc1)C(=O)NCC1(C(=O)O)CC1. The molecule has 1 aliphatic carbocycles. The summed E-state index contributed by atoms with van der Waals surface area (Å²) < 4.78 is 0.991. The predicted molar refractivity (Wildman–Crippen MR) is 78.3 cm³/mol. The van der Waals surface area contributed by atoms with E-state index in [2.05, 4.69) is 21.2 Å². The van der Waals surface area contributed by atoms with E-state index >= 15 is 0 Å². The van der Waals surface area contributed by atoms with Crippen molar-refractivity contribution in [1.29, 1.82) is 0 Å². The first-order valence-corrected chi connectivity index (χ1v) is 7.19. The summed E-state index contributed by atoms with van der Waals surface area (Å²) in [6.07, 6.45) is 1.28. The van der Waals surface area contributed by atoms with Crippen LogP contribution in [0.3, 0.4) is 0 Å². The zero-order valence-electron chi connectivity index (χ0n) is 11.2. The zero-order chi connectivity index (χ0) is 14.8. The van der Waals surface area contributed by atoms with Crippen LogP contribution in [0.15, 0.2) is 28.7 Å². The molecule has 0 bridgehead atoms. The first kappa shape index (κ1) is 14.8. The molecule has 1 fully saturated rings. The van der Waals surface area contributed by atoms with Crippen LogP contribution in [-0.2, 0) is 11.3 Å². The van der Waals surface area contributed by atoms with Gasteiger partial charge in [0.1, 0.15) is 0 Å². The van der Waals surface area contributed by atoms with Crippen LogP contribution < -0.4 is 5.32 Å². The Morgan fingerprint density at radius 1 is 1.35 bits per heavy atom. The van der Waals surface area contributed by atoms with Gasteiger partial charge in [0.05, 0.1) is 5.41 Å². The maximum Gasteiger partial charge on any atom is 0.317 e. The quantitative estimate of drug-likeness (QED) is 0.864. The lowest BCUT2D eigenvalue weighted by Crippen LogP contribution is -2.41. The molecule has 2 rings (SSSR count). The number of benzene rings is 1. The Morgan fingerprint density at radius 3 is 2.45 bits per heavy atom. The fourth-order valence-corrected chi connectivity index (χ4v) is 2.20. The normalized spacial score (nSPS) is 15.5. The van der Waals surface area contributed by atoms with Crippen molar-refractivity contribution >= 4 is 27.9 Å². The molecule has 0 saturated heterocycles. The first-order valence-electron chi connectivity index (χ1n) is 6.40. The van der Waals surface area contributed by atoms with E-state index in [-0.39, 0.29) is 12.6 Å². The van der Waals surface area contributed by atoms with Gasteiger partial charge < -0.3 is 15.3 Å². The minimum Gasteiger partial charge on any atom is -0.481 e. The summed E-state index contributed by atoms with van der Waals surface area (Å²) in [5.41, 5.74) is 0.291. The number of nitrogens with zero attached hydrogens (tertiary/aromatic N) is 1. The van der Waals surface area contributed by atoms with E-state index in [0.29, 0.717) is 19.4 Å². The molecule has 1 aromatic rings. The lowest BCUT2D eigenvalue weighted by Gasteiger charge is -2.19. The third-order valence-corrected chi connectivity index (χ3v) is 4.09. The van der Waals surface area contributed by atoms with E-state index in [9.17, 15) is 9.59 Å². The van der Waals surface area contributed by atoms with E-state index in [0.717, 1.165) is 10.0 Å². The monoisotopic (exact) mass is 340 g/mol. The van der Waals surface area contributed by atoms with Crippen molar-refractivity contribution in [2.75, 3.05) is 13.6 Å². The van der Waals surface area contributed by atoms with Crippen LogP contribution in [0.5, 0.6) is 0 Å². The van der Waals surface area contributed by atoms with Crippen molar-refractivity contribution in [3.63, 3.8) is 0 Å². The summed E-state index contributed by atoms with van der Waals surface area (Å²) in [7, 11) is 1.69. The van der Waals surface area contributed by atoms with Gasteiger partial charge in [0.2, 0.25) is 0 Å². The van der Waals surface area contributed by atoms with E-state index in [4.69, 9.17) is 5.11 Å². The summed E-state index contributed by atoms with van der Waals surface area (Å²) in [4.78, 5) is 24.5. The molecule has 6 heteroatoms. The Bertz CT molecular complexity index is 512. The topological polar surface area (TPSA) is 69.6 Å². The van der Waals surface area contributed by atoms with E-state index < -0.39 is 11.4 Å². The lowest BCUT2D eigenvalue weighted by molar-refractivity contribution is -0.143. The molecule has 0 aromatic heterocycles. The van der Waals surface area contributed by atoms with Crippen LogP contribution in [-0.4, -0.2) is 35.6 Å². The van der Waals surface area contributed by atoms with Crippen molar-refractivity contribution in [3.8, 4) is 0 Å². The van der Waals surface area contributed by atoms with Gasteiger partial charge in [-0.2, -0.15) is 0 Å². The van der Waals surface area contributed by atoms with Crippen molar-refractivity contribution in [1.82, 2.24) is 10.2 Å². The molecular weight excluding hydrogens is 324 g/mol. The number of aliphatic carboxylic acids is 1. The van der Waals surface area contributed by atoms with Crippen LogP contribution in [0.25, 0.3) is 0 Å². The van der Waals surface area contributed by atoms with Gasteiger partial charge in [-0.15, -0.1) is 0 Å². The van der Waals surface area contributed by atoms with Gasteiger partial charge >= 0.3 is 12.0 Å². The zero-order valence-corrected chi connectivity index (χ0v) is 12.8. The fourth-order valence-electron chi connectivity index (χ4n) is 1.93. The van der Waals surface area contributed by atoms with Gasteiger partial charge in [-0.25, -0.2) is 4.79 Å². The summed E-state index contributed by atoms with van der Waals surface area (Å²) >= 11 is 3.36. The highest BCUT2D eigenvalue weighted by molar-refractivity contribution is 9.10. The van der Waals surface area contributed by atoms with Crippen LogP contribution in [0, 0.1) is 5.41 Å². The van der Waals surface area contributed by atoms with Crippen LogP contribution in [0.1, 0.15) is 18.4 Å². The minimum atomic E-state index is -0.826. The average Bonchev–Trinajstić information content (AvgIpc) is 3.20. The molecule has 0 aliphatic heterocycles. The highest BCUT2D eigenvalue weighted by atomic mass is 79.9. The van der Waals surface area contributed by atoms with Gasteiger partial charge in [-0.1, -0.05) is 28.1 Å². The molecule has 2 N–H and O–H groups in total. The number of hydrogen-bond acceptors (Lipinski definition) is 2.